The van der Waals surface area contributed by atoms with Crippen LogP contribution in [0.1, 0.15) is 33.3 Å². The number of anilines is 1. The Balaban J connectivity index is 2.84. The Morgan fingerprint density at radius 1 is 1.27 bits per heavy atom. The molecule has 1 aromatic carbocycles. The maximum Gasteiger partial charge on any atom is 0.0375 e. The zero-order valence-electron chi connectivity index (χ0n) is 9.97. The lowest BCUT2D eigenvalue weighted by atomic mass is 10.0. The smallest absolute Gasteiger partial charge is 0.0375 e. The van der Waals surface area contributed by atoms with Gasteiger partial charge in [0.15, 0.2) is 0 Å². The molecule has 0 aliphatic rings. The van der Waals surface area contributed by atoms with Gasteiger partial charge in [-0.3, -0.25) is 0 Å². The summed E-state index contributed by atoms with van der Waals surface area (Å²) in [5.74, 6) is 0.651. The van der Waals surface area contributed by atoms with Gasteiger partial charge in [0.05, 0.1) is 0 Å². The summed E-state index contributed by atoms with van der Waals surface area (Å²) in [6.45, 7) is 8.89. The molecule has 0 fully saturated rings. The van der Waals surface area contributed by atoms with Crippen molar-refractivity contribution in [2.45, 2.75) is 40.2 Å². The highest BCUT2D eigenvalue weighted by atomic mass is 79.9. The van der Waals surface area contributed by atoms with Crippen LogP contribution in [0, 0.1) is 5.92 Å². The summed E-state index contributed by atoms with van der Waals surface area (Å²) in [7, 11) is 0. The van der Waals surface area contributed by atoms with Gasteiger partial charge >= 0.3 is 0 Å². The highest BCUT2D eigenvalue weighted by molar-refractivity contribution is 9.10. The summed E-state index contributed by atoms with van der Waals surface area (Å²) in [6.07, 6.45) is 1.06. The largest absolute Gasteiger partial charge is 0.382 e. The minimum Gasteiger partial charge on any atom is -0.382 e. The third-order valence-electron chi connectivity index (χ3n) is 2.83. The Labute approximate surface area is 101 Å². The molecule has 1 atom stereocenters. The lowest BCUT2D eigenvalue weighted by Gasteiger charge is -2.21. The van der Waals surface area contributed by atoms with Crippen molar-refractivity contribution in [2.24, 2.45) is 5.92 Å². The van der Waals surface area contributed by atoms with E-state index in [1.165, 1.54) is 11.3 Å². The van der Waals surface area contributed by atoms with E-state index < -0.39 is 0 Å². The molecule has 0 aliphatic heterocycles. The fraction of sp³-hybridized carbons (Fsp3) is 0.538. The lowest BCUT2D eigenvalue weighted by molar-refractivity contribution is 0.559. The molecule has 84 valence electrons. The number of aryl methyl sites for hydroxylation is 1. The third kappa shape index (κ3) is 3.53. The SMILES string of the molecule is CCc1cc(Br)ccc1NC(C)C(C)C. The second-order valence-corrected chi connectivity index (χ2v) is 5.25. The average molecular weight is 270 g/mol. The molecule has 15 heavy (non-hydrogen) atoms. The van der Waals surface area contributed by atoms with E-state index in [-0.39, 0.29) is 0 Å². The van der Waals surface area contributed by atoms with Gasteiger partial charge in [0.1, 0.15) is 0 Å². The van der Waals surface area contributed by atoms with Crippen LogP contribution in [-0.4, -0.2) is 6.04 Å². The van der Waals surface area contributed by atoms with Crippen molar-refractivity contribution in [2.75, 3.05) is 5.32 Å². The monoisotopic (exact) mass is 269 g/mol. The molecule has 0 saturated carbocycles. The first-order valence-electron chi connectivity index (χ1n) is 5.59. The standard InChI is InChI=1S/C13H20BrN/c1-5-11-8-12(14)6-7-13(11)15-10(4)9(2)3/h6-10,15H,5H2,1-4H3. The van der Waals surface area contributed by atoms with Gasteiger partial charge in [0.2, 0.25) is 0 Å². The van der Waals surface area contributed by atoms with Gasteiger partial charge in [-0.15, -0.1) is 0 Å². The third-order valence-corrected chi connectivity index (χ3v) is 3.32. The highest BCUT2D eigenvalue weighted by Gasteiger charge is 2.08. The molecule has 1 N–H and O–H groups in total. The normalized spacial score (nSPS) is 12.9. The van der Waals surface area contributed by atoms with Crippen molar-refractivity contribution in [1.29, 1.82) is 0 Å². The van der Waals surface area contributed by atoms with Gasteiger partial charge in [0, 0.05) is 16.2 Å². The predicted octanol–water partition coefficient (Wildman–Crippen LogP) is 4.47. The van der Waals surface area contributed by atoms with Crippen LogP contribution in [0.5, 0.6) is 0 Å². The molecule has 1 nitrogen and oxygen atoms in total. The molecule has 2 heteroatoms. The van der Waals surface area contributed by atoms with E-state index in [0.717, 1.165) is 10.9 Å². The molecule has 0 aliphatic carbocycles. The Hall–Kier alpha value is -0.500. The maximum absolute atomic E-state index is 3.57. The maximum atomic E-state index is 3.57. The first-order chi connectivity index (χ1) is 7.04. The Kier molecular flexibility index (Phi) is 4.65. The summed E-state index contributed by atoms with van der Waals surface area (Å²) in [4.78, 5) is 0. The van der Waals surface area contributed by atoms with Crippen LogP contribution in [0.25, 0.3) is 0 Å². The Morgan fingerprint density at radius 2 is 1.93 bits per heavy atom. The molecule has 0 saturated heterocycles. The van der Waals surface area contributed by atoms with Gasteiger partial charge in [-0.2, -0.15) is 0 Å². The van der Waals surface area contributed by atoms with Crippen molar-refractivity contribution in [3.8, 4) is 0 Å². The van der Waals surface area contributed by atoms with E-state index in [9.17, 15) is 0 Å². The van der Waals surface area contributed by atoms with Crippen LogP contribution in [0.4, 0.5) is 5.69 Å². The van der Waals surface area contributed by atoms with Gasteiger partial charge in [0.25, 0.3) is 0 Å². The van der Waals surface area contributed by atoms with Gasteiger partial charge in [-0.1, -0.05) is 36.7 Å². The second kappa shape index (κ2) is 5.55. The average Bonchev–Trinajstić information content (AvgIpc) is 2.20. The van der Waals surface area contributed by atoms with Crippen molar-refractivity contribution >= 4 is 21.6 Å². The first-order valence-corrected chi connectivity index (χ1v) is 6.38. The molecule has 1 unspecified atom stereocenters. The quantitative estimate of drug-likeness (QED) is 0.851. The molecular weight excluding hydrogens is 250 g/mol. The summed E-state index contributed by atoms with van der Waals surface area (Å²) in [6, 6.07) is 6.95. The van der Waals surface area contributed by atoms with Gasteiger partial charge in [-0.25, -0.2) is 0 Å². The topological polar surface area (TPSA) is 12.0 Å². The first kappa shape index (κ1) is 12.6. The highest BCUT2D eigenvalue weighted by Crippen LogP contribution is 2.23. The molecule has 0 radical (unpaired) electrons. The second-order valence-electron chi connectivity index (χ2n) is 4.33. The summed E-state index contributed by atoms with van der Waals surface area (Å²) < 4.78 is 1.15. The zero-order valence-corrected chi connectivity index (χ0v) is 11.6. The number of hydrogen-bond donors (Lipinski definition) is 1. The van der Waals surface area contributed by atoms with E-state index in [4.69, 9.17) is 0 Å². The molecule has 0 spiro atoms. The molecule has 0 amide bonds. The lowest BCUT2D eigenvalue weighted by Crippen LogP contribution is -2.22. The van der Waals surface area contributed by atoms with Crippen LogP contribution in [0.15, 0.2) is 22.7 Å². The summed E-state index contributed by atoms with van der Waals surface area (Å²) >= 11 is 3.50. The number of hydrogen-bond acceptors (Lipinski definition) is 1. The fourth-order valence-electron chi connectivity index (χ4n) is 1.41. The van der Waals surface area contributed by atoms with Crippen molar-refractivity contribution in [3.05, 3.63) is 28.2 Å². The minimum atomic E-state index is 0.511. The Bertz CT molecular complexity index is 320. The van der Waals surface area contributed by atoms with Crippen LogP contribution < -0.4 is 5.32 Å². The number of benzene rings is 1. The number of nitrogens with one attached hydrogen (secondary N) is 1. The number of rotatable bonds is 4. The molecule has 1 aromatic rings. The van der Waals surface area contributed by atoms with E-state index in [2.05, 4.69) is 67.1 Å². The molecule has 0 heterocycles. The fourth-order valence-corrected chi connectivity index (χ4v) is 1.82. The van der Waals surface area contributed by atoms with E-state index in [1.807, 2.05) is 0 Å². The van der Waals surface area contributed by atoms with Crippen LogP contribution in [0.2, 0.25) is 0 Å². The van der Waals surface area contributed by atoms with E-state index in [0.29, 0.717) is 12.0 Å². The summed E-state index contributed by atoms with van der Waals surface area (Å²) in [5.41, 5.74) is 2.64. The van der Waals surface area contributed by atoms with Crippen molar-refractivity contribution < 1.29 is 0 Å². The Morgan fingerprint density at radius 3 is 2.47 bits per heavy atom. The van der Waals surface area contributed by atoms with E-state index >= 15 is 0 Å². The molecule has 0 bridgehead atoms. The molecule has 0 aromatic heterocycles. The zero-order chi connectivity index (χ0) is 11.4. The molecular formula is C13H20BrN. The van der Waals surface area contributed by atoms with Gasteiger partial charge in [-0.05, 0) is 43.0 Å². The van der Waals surface area contributed by atoms with Crippen molar-refractivity contribution in [3.63, 3.8) is 0 Å². The van der Waals surface area contributed by atoms with Crippen LogP contribution >= 0.6 is 15.9 Å². The number of halogens is 1. The predicted molar refractivity (Wildman–Crippen MR) is 71.4 cm³/mol. The van der Waals surface area contributed by atoms with Gasteiger partial charge < -0.3 is 5.32 Å². The van der Waals surface area contributed by atoms with Crippen molar-refractivity contribution in [1.82, 2.24) is 0 Å². The minimum absolute atomic E-state index is 0.511. The van der Waals surface area contributed by atoms with Crippen LogP contribution in [-0.2, 0) is 6.42 Å². The van der Waals surface area contributed by atoms with Crippen LogP contribution in [0.3, 0.4) is 0 Å². The summed E-state index contributed by atoms with van der Waals surface area (Å²) in [5, 5.41) is 3.57. The van der Waals surface area contributed by atoms with E-state index in [1.54, 1.807) is 0 Å². The molecule has 1 rings (SSSR count).